The highest BCUT2D eigenvalue weighted by Crippen LogP contribution is 2.33. The lowest BCUT2D eigenvalue weighted by molar-refractivity contribution is 0.0522. The highest BCUT2D eigenvalue weighted by Gasteiger charge is 2.25. The van der Waals surface area contributed by atoms with E-state index in [0.717, 1.165) is 0 Å². The number of esters is 1. The van der Waals surface area contributed by atoms with Gasteiger partial charge in [-0.05, 0) is 25.0 Å². The minimum absolute atomic E-state index is 0.0249. The summed E-state index contributed by atoms with van der Waals surface area (Å²) < 4.78 is 21.3. The van der Waals surface area contributed by atoms with E-state index in [0.29, 0.717) is 16.6 Å². The molecule has 0 unspecified atom stereocenters. The molecule has 0 saturated carbocycles. The van der Waals surface area contributed by atoms with Crippen molar-refractivity contribution in [3.05, 3.63) is 53.2 Å². The summed E-state index contributed by atoms with van der Waals surface area (Å²) >= 11 is 0. The van der Waals surface area contributed by atoms with Gasteiger partial charge in [-0.15, -0.1) is 0 Å². The molecule has 0 fully saturated rings. The highest BCUT2D eigenvalue weighted by molar-refractivity contribution is 6.01. The number of fused-ring (bicyclic) bond motifs is 1. The first-order valence-electron chi connectivity index (χ1n) is 9.31. The lowest BCUT2D eigenvalue weighted by atomic mass is 10.00. The Bertz CT molecular complexity index is 1100. The second kappa shape index (κ2) is 8.87. The van der Waals surface area contributed by atoms with Gasteiger partial charge in [-0.25, -0.2) is 24.2 Å². The minimum atomic E-state index is -0.654. The molecule has 9 nitrogen and oxygen atoms in total. The molecule has 0 aliphatic heterocycles. The fourth-order valence-corrected chi connectivity index (χ4v) is 3.19. The number of para-hydroxylation sites is 1. The van der Waals surface area contributed by atoms with E-state index in [9.17, 15) is 14.0 Å². The Morgan fingerprint density at radius 1 is 1.27 bits per heavy atom. The van der Waals surface area contributed by atoms with Crippen LogP contribution in [-0.4, -0.2) is 40.2 Å². The van der Waals surface area contributed by atoms with E-state index in [1.807, 2.05) is 13.8 Å². The molecule has 0 aliphatic carbocycles. The number of aromatic nitrogens is 3. The molecule has 0 spiro atoms. The summed E-state index contributed by atoms with van der Waals surface area (Å²) in [6, 6.07) is 4.08. The number of benzene rings is 1. The smallest absolute Gasteiger partial charge is 0.340 e. The van der Waals surface area contributed by atoms with Gasteiger partial charge in [0.2, 0.25) is 0 Å². The molecule has 0 bridgehead atoms. The Morgan fingerprint density at radius 2 is 2.03 bits per heavy atom. The third-order valence-corrected chi connectivity index (χ3v) is 4.38. The summed E-state index contributed by atoms with van der Waals surface area (Å²) in [5, 5.41) is 7.05. The van der Waals surface area contributed by atoms with Crippen LogP contribution in [-0.2, 0) is 9.57 Å². The molecule has 10 heteroatoms. The van der Waals surface area contributed by atoms with Crippen LogP contribution in [0.5, 0.6) is 0 Å². The van der Waals surface area contributed by atoms with Crippen molar-refractivity contribution in [2.24, 2.45) is 0 Å². The summed E-state index contributed by atoms with van der Waals surface area (Å²) in [7, 11) is 1.28. The molecule has 1 aromatic carbocycles. The lowest BCUT2D eigenvalue weighted by Crippen LogP contribution is -2.23. The summed E-state index contributed by atoms with van der Waals surface area (Å²) in [6.07, 6.45) is 2.82. The number of hydroxylamine groups is 1. The number of ether oxygens (including phenoxy) is 1. The molecule has 0 aliphatic rings. The van der Waals surface area contributed by atoms with E-state index in [2.05, 4.69) is 25.7 Å². The molecular weight excluding hydrogens is 393 g/mol. The van der Waals surface area contributed by atoms with Crippen molar-refractivity contribution in [2.75, 3.05) is 19.0 Å². The molecule has 2 aromatic heterocycles. The van der Waals surface area contributed by atoms with Gasteiger partial charge in [-0.2, -0.15) is 5.10 Å². The zero-order valence-electron chi connectivity index (χ0n) is 17.0. The summed E-state index contributed by atoms with van der Waals surface area (Å²) in [5.41, 5.74) is 3.59. The number of rotatable bonds is 7. The molecule has 0 saturated heterocycles. The number of hydrogen-bond donors (Lipinski definition) is 2. The second-order valence-corrected chi connectivity index (χ2v) is 6.66. The average molecular weight is 415 g/mol. The number of nitrogens with zero attached hydrogens (tertiary/aromatic N) is 3. The Morgan fingerprint density at radius 3 is 2.70 bits per heavy atom. The molecule has 0 radical (unpaired) electrons. The topological polar surface area (TPSA) is 107 Å². The van der Waals surface area contributed by atoms with Crippen molar-refractivity contribution >= 4 is 28.9 Å². The molecule has 2 heterocycles. The van der Waals surface area contributed by atoms with E-state index in [1.165, 1.54) is 36.2 Å². The largest absolute Gasteiger partial charge is 0.462 e. The van der Waals surface area contributed by atoms with Crippen LogP contribution in [0.15, 0.2) is 30.7 Å². The van der Waals surface area contributed by atoms with E-state index >= 15 is 0 Å². The molecule has 3 rings (SSSR count). The van der Waals surface area contributed by atoms with E-state index < -0.39 is 17.7 Å². The van der Waals surface area contributed by atoms with Crippen LogP contribution >= 0.6 is 0 Å². The van der Waals surface area contributed by atoms with Gasteiger partial charge >= 0.3 is 5.97 Å². The highest BCUT2D eigenvalue weighted by atomic mass is 19.1. The normalized spacial score (nSPS) is 11.0. The monoisotopic (exact) mass is 415 g/mol. The van der Waals surface area contributed by atoms with Gasteiger partial charge in [0.1, 0.15) is 17.7 Å². The molecule has 3 aromatic rings. The third kappa shape index (κ3) is 3.94. The van der Waals surface area contributed by atoms with Gasteiger partial charge in [-0.3, -0.25) is 9.63 Å². The molecule has 30 heavy (non-hydrogen) atoms. The first-order chi connectivity index (χ1) is 14.4. The minimum Gasteiger partial charge on any atom is -0.462 e. The van der Waals surface area contributed by atoms with Gasteiger partial charge in [0.05, 0.1) is 30.5 Å². The zero-order chi connectivity index (χ0) is 21.8. The van der Waals surface area contributed by atoms with E-state index in [1.54, 1.807) is 13.1 Å². The van der Waals surface area contributed by atoms with Crippen molar-refractivity contribution in [1.29, 1.82) is 0 Å². The standard InChI is InChI=1S/C20H22FN5O4/c1-5-30-20(28)13-9-26-17(15(13)11(2)3)18(22-10-23-26)24-16-12(19(27)25-29-4)7-6-8-14(16)21/h6-11H,5H2,1-4H3,(H,25,27)(H,22,23,24). The number of hydrogen-bond acceptors (Lipinski definition) is 7. The van der Waals surface area contributed by atoms with Crippen molar-refractivity contribution in [2.45, 2.75) is 26.7 Å². The van der Waals surface area contributed by atoms with Crippen molar-refractivity contribution in [3.8, 4) is 0 Å². The fraction of sp³-hybridized carbons (Fsp3) is 0.300. The van der Waals surface area contributed by atoms with Gasteiger partial charge in [0, 0.05) is 11.8 Å². The quantitative estimate of drug-likeness (QED) is 0.451. The maximum atomic E-state index is 14.6. The van der Waals surface area contributed by atoms with E-state index in [4.69, 9.17) is 4.74 Å². The fourth-order valence-electron chi connectivity index (χ4n) is 3.19. The van der Waals surface area contributed by atoms with Crippen LogP contribution in [0.3, 0.4) is 0 Å². The van der Waals surface area contributed by atoms with Gasteiger partial charge in [0.25, 0.3) is 5.91 Å². The van der Waals surface area contributed by atoms with Crippen LogP contribution in [0.2, 0.25) is 0 Å². The van der Waals surface area contributed by atoms with Crippen molar-refractivity contribution < 1.29 is 23.6 Å². The molecule has 2 N–H and O–H groups in total. The Kier molecular flexibility index (Phi) is 6.26. The van der Waals surface area contributed by atoms with Crippen molar-refractivity contribution in [1.82, 2.24) is 20.1 Å². The number of carbonyl (C=O) groups is 2. The maximum absolute atomic E-state index is 14.6. The van der Waals surface area contributed by atoms with Crippen LogP contribution in [0.4, 0.5) is 15.9 Å². The van der Waals surface area contributed by atoms with Crippen LogP contribution in [0, 0.1) is 5.82 Å². The third-order valence-electron chi connectivity index (χ3n) is 4.38. The summed E-state index contributed by atoms with van der Waals surface area (Å²) in [5.74, 6) is -1.61. The Hall–Kier alpha value is -3.53. The SMILES string of the molecule is CCOC(=O)c1cn2ncnc(Nc3c(F)cccc3C(=O)NOC)c2c1C(C)C. The zero-order valence-corrected chi connectivity index (χ0v) is 17.0. The number of anilines is 2. The Balaban J connectivity index is 2.17. The van der Waals surface area contributed by atoms with Crippen LogP contribution in [0.25, 0.3) is 5.52 Å². The number of nitrogens with one attached hydrogen (secondary N) is 2. The Labute approximate surface area is 172 Å². The van der Waals surface area contributed by atoms with Crippen molar-refractivity contribution in [3.63, 3.8) is 0 Å². The number of carbonyl (C=O) groups excluding carboxylic acids is 2. The molecule has 0 atom stereocenters. The lowest BCUT2D eigenvalue weighted by Gasteiger charge is -2.14. The van der Waals surface area contributed by atoms with Gasteiger partial charge in [-0.1, -0.05) is 19.9 Å². The number of halogens is 1. The number of amides is 1. The molecule has 1 amide bonds. The second-order valence-electron chi connectivity index (χ2n) is 6.66. The van der Waals surface area contributed by atoms with Gasteiger partial charge < -0.3 is 10.1 Å². The maximum Gasteiger partial charge on any atom is 0.340 e. The van der Waals surface area contributed by atoms with Gasteiger partial charge in [0.15, 0.2) is 5.82 Å². The van der Waals surface area contributed by atoms with Crippen LogP contribution in [0.1, 0.15) is 53.0 Å². The molecule has 158 valence electrons. The summed E-state index contributed by atoms with van der Waals surface area (Å²) in [4.78, 5) is 33.6. The van der Waals surface area contributed by atoms with Crippen LogP contribution < -0.4 is 10.8 Å². The molecular formula is C20H22FN5O4. The predicted molar refractivity (Wildman–Crippen MR) is 107 cm³/mol. The predicted octanol–water partition coefficient (Wildman–Crippen LogP) is 3.20. The summed E-state index contributed by atoms with van der Waals surface area (Å²) in [6.45, 7) is 5.78. The first kappa shape index (κ1) is 21.2. The first-order valence-corrected chi connectivity index (χ1v) is 9.31. The van der Waals surface area contributed by atoms with E-state index in [-0.39, 0.29) is 29.6 Å². The average Bonchev–Trinajstić information content (AvgIpc) is 3.11.